The monoisotopic (exact) mass is 520 g/mol. The van der Waals surface area contributed by atoms with E-state index in [1.54, 1.807) is 0 Å². The van der Waals surface area contributed by atoms with E-state index in [4.69, 9.17) is 25.8 Å². The fourth-order valence-corrected chi connectivity index (χ4v) is 5.36. The molecule has 2 aliphatic rings. The number of piperazine rings is 1. The van der Waals surface area contributed by atoms with Gasteiger partial charge in [-0.25, -0.2) is 0 Å². The zero-order chi connectivity index (χ0) is 25.5. The summed E-state index contributed by atoms with van der Waals surface area (Å²) in [6, 6.07) is 28.1. The van der Waals surface area contributed by atoms with Gasteiger partial charge < -0.3 is 19.1 Å². The standard InChI is InChI=1S/C31H37ClN2O3/c1-24-21-34(28-14-16-29(17-15-28)35-19-20-37-31-9-5-6-18-36-31)30(26-10-12-27(32)13-11-26)23-33(24)22-25-7-3-2-4-8-25/h2-4,7-8,10-17,24,30-31H,5-6,9,18-23H2,1H3/t24-,30?,31?/m1/s1. The first-order valence-corrected chi connectivity index (χ1v) is 13.8. The molecule has 0 aliphatic carbocycles. The van der Waals surface area contributed by atoms with Crippen LogP contribution in [0.25, 0.3) is 0 Å². The topological polar surface area (TPSA) is 34.2 Å². The number of rotatable bonds is 9. The van der Waals surface area contributed by atoms with Gasteiger partial charge in [-0.05, 0) is 73.7 Å². The van der Waals surface area contributed by atoms with Crippen molar-refractivity contribution >= 4 is 17.3 Å². The highest BCUT2D eigenvalue weighted by Crippen LogP contribution is 2.34. The molecule has 2 unspecified atom stereocenters. The van der Waals surface area contributed by atoms with Crippen LogP contribution in [0.15, 0.2) is 78.9 Å². The molecule has 3 atom stereocenters. The van der Waals surface area contributed by atoms with Crippen molar-refractivity contribution in [2.45, 2.75) is 51.1 Å². The Bertz CT molecular complexity index is 1090. The van der Waals surface area contributed by atoms with Gasteiger partial charge in [-0.2, -0.15) is 0 Å². The lowest BCUT2D eigenvalue weighted by Gasteiger charge is -2.47. The van der Waals surface area contributed by atoms with E-state index in [-0.39, 0.29) is 12.3 Å². The van der Waals surface area contributed by atoms with E-state index in [0.29, 0.717) is 19.3 Å². The fraction of sp³-hybridized carbons (Fsp3) is 0.419. The van der Waals surface area contributed by atoms with Crippen LogP contribution in [-0.4, -0.2) is 50.1 Å². The van der Waals surface area contributed by atoms with E-state index in [1.807, 2.05) is 12.1 Å². The van der Waals surface area contributed by atoms with Crippen molar-refractivity contribution in [1.29, 1.82) is 0 Å². The molecule has 3 aromatic carbocycles. The molecule has 3 aromatic rings. The van der Waals surface area contributed by atoms with Crippen LogP contribution >= 0.6 is 11.6 Å². The van der Waals surface area contributed by atoms with Gasteiger partial charge in [0.2, 0.25) is 0 Å². The first kappa shape index (κ1) is 26.1. The minimum Gasteiger partial charge on any atom is -0.491 e. The average Bonchev–Trinajstić information content (AvgIpc) is 2.94. The lowest BCUT2D eigenvalue weighted by atomic mass is 9.98. The third-order valence-corrected chi connectivity index (χ3v) is 7.57. The molecule has 6 heteroatoms. The molecular formula is C31H37ClN2O3. The maximum atomic E-state index is 6.22. The summed E-state index contributed by atoms with van der Waals surface area (Å²) >= 11 is 6.22. The molecule has 2 aliphatic heterocycles. The van der Waals surface area contributed by atoms with Crippen LogP contribution < -0.4 is 9.64 Å². The number of halogens is 1. The van der Waals surface area contributed by atoms with Gasteiger partial charge in [0.05, 0.1) is 12.6 Å². The van der Waals surface area contributed by atoms with Gasteiger partial charge in [-0.1, -0.05) is 54.1 Å². The number of nitrogens with zero attached hydrogens (tertiary/aromatic N) is 2. The molecule has 0 spiro atoms. The lowest BCUT2D eigenvalue weighted by molar-refractivity contribution is -0.165. The molecule has 5 rings (SSSR count). The average molecular weight is 521 g/mol. The van der Waals surface area contributed by atoms with E-state index in [0.717, 1.165) is 49.9 Å². The van der Waals surface area contributed by atoms with E-state index in [1.165, 1.54) is 23.2 Å². The minimum absolute atomic E-state index is 0.0768. The quantitative estimate of drug-likeness (QED) is 0.293. The van der Waals surface area contributed by atoms with Crippen LogP contribution in [0.4, 0.5) is 5.69 Å². The second-order valence-corrected chi connectivity index (χ2v) is 10.4. The van der Waals surface area contributed by atoms with Crippen molar-refractivity contribution in [3.63, 3.8) is 0 Å². The number of hydrogen-bond acceptors (Lipinski definition) is 5. The zero-order valence-electron chi connectivity index (χ0n) is 21.6. The molecule has 0 saturated carbocycles. The molecule has 2 fully saturated rings. The lowest BCUT2D eigenvalue weighted by Crippen LogP contribution is -2.53. The Morgan fingerprint density at radius 3 is 2.41 bits per heavy atom. The Labute approximate surface area is 225 Å². The molecule has 2 saturated heterocycles. The molecular weight excluding hydrogens is 484 g/mol. The Morgan fingerprint density at radius 1 is 0.892 bits per heavy atom. The highest BCUT2D eigenvalue weighted by Gasteiger charge is 2.32. The first-order chi connectivity index (χ1) is 18.2. The van der Waals surface area contributed by atoms with Gasteiger partial charge >= 0.3 is 0 Å². The van der Waals surface area contributed by atoms with Gasteiger partial charge in [0, 0.05) is 43.0 Å². The van der Waals surface area contributed by atoms with Crippen molar-refractivity contribution in [2.24, 2.45) is 0 Å². The van der Waals surface area contributed by atoms with E-state index < -0.39 is 0 Å². The second kappa shape index (κ2) is 12.8. The van der Waals surface area contributed by atoms with Crippen LogP contribution in [0.2, 0.25) is 5.02 Å². The number of hydrogen-bond donors (Lipinski definition) is 0. The molecule has 2 heterocycles. The molecule has 0 N–H and O–H groups in total. The van der Waals surface area contributed by atoms with Crippen molar-refractivity contribution in [2.75, 3.05) is 37.8 Å². The molecule has 0 amide bonds. The van der Waals surface area contributed by atoms with Crippen molar-refractivity contribution in [3.8, 4) is 5.75 Å². The maximum absolute atomic E-state index is 6.22. The van der Waals surface area contributed by atoms with Crippen LogP contribution in [0.1, 0.15) is 43.4 Å². The van der Waals surface area contributed by atoms with E-state index >= 15 is 0 Å². The Kier molecular flexibility index (Phi) is 9.01. The Hall–Kier alpha value is -2.57. The third kappa shape index (κ3) is 7.05. The summed E-state index contributed by atoms with van der Waals surface area (Å²) in [4.78, 5) is 5.10. The van der Waals surface area contributed by atoms with Gasteiger partial charge in [0.1, 0.15) is 12.4 Å². The van der Waals surface area contributed by atoms with Crippen molar-refractivity contribution < 1.29 is 14.2 Å². The van der Waals surface area contributed by atoms with E-state index in [9.17, 15) is 0 Å². The van der Waals surface area contributed by atoms with Gasteiger partial charge in [-0.15, -0.1) is 0 Å². The fourth-order valence-electron chi connectivity index (χ4n) is 5.24. The molecule has 0 bridgehead atoms. The minimum atomic E-state index is -0.0768. The third-order valence-electron chi connectivity index (χ3n) is 7.31. The molecule has 5 nitrogen and oxygen atoms in total. The summed E-state index contributed by atoms with van der Waals surface area (Å²) in [6.07, 6.45) is 3.19. The second-order valence-electron chi connectivity index (χ2n) is 9.99. The predicted octanol–water partition coefficient (Wildman–Crippen LogP) is 6.71. The first-order valence-electron chi connectivity index (χ1n) is 13.4. The molecule has 37 heavy (non-hydrogen) atoms. The largest absolute Gasteiger partial charge is 0.491 e. The SMILES string of the molecule is C[C@@H]1CN(c2ccc(OCCOC3CCCCO3)cc2)C(c2ccc(Cl)cc2)CN1Cc1ccccc1. The van der Waals surface area contributed by atoms with Crippen molar-refractivity contribution in [3.05, 3.63) is 95.0 Å². The highest BCUT2D eigenvalue weighted by molar-refractivity contribution is 6.30. The van der Waals surface area contributed by atoms with E-state index in [2.05, 4.69) is 83.5 Å². The summed E-state index contributed by atoms with van der Waals surface area (Å²) in [7, 11) is 0. The predicted molar refractivity (Wildman–Crippen MR) is 149 cm³/mol. The molecule has 0 radical (unpaired) electrons. The Morgan fingerprint density at radius 2 is 1.68 bits per heavy atom. The van der Waals surface area contributed by atoms with Crippen LogP contribution in [0.5, 0.6) is 5.75 Å². The summed E-state index contributed by atoms with van der Waals surface area (Å²) < 4.78 is 17.4. The smallest absolute Gasteiger partial charge is 0.157 e. The highest BCUT2D eigenvalue weighted by atomic mass is 35.5. The number of ether oxygens (including phenoxy) is 3. The van der Waals surface area contributed by atoms with Gasteiger partial charge in [-0.3, -0.25) is 4.90 Å². The van der Waals surface area contributed by atoms with Crippen LogP contribution in [0.3, 0.4) is 0 Å². The maximum Gasteiger partial charge on any atom is 0.157 e. The van der Waals surface area contributed by atoms with Crippen LogP contribution in [0, 0.1) is 0 Å². The summed E-state index contributed by atoms with van der Waals surface area (Å²) in [5, 5.41) is 0.765. The van der Waals surface area contributed by atoms with Gasteiger partial charge in [0.25, 0.3) is 0 Å². The number of benzene rings is 3. The van der Waals surface area contributed by atoms with Crippen molar-refractivity contribution in [1.82, 2.24) is 4.90 Å². The van der Waals surface area contributed by atoms with Gasteiger partial charge in [0.15, 0.2) is 6.29 Å². The molecule has 196 valence electrons. The summed E-state index contributed by atoms with van der Waals surface area (Å²) in [5.41, 5.74) is 3.82. The van der Waals surface area contributed by atoms with Crippen LogP contribution in [-0.2, 0) is 16.0 Å². The summed E-state index contributed by atoms with van der Waals surface area (Å²) in [6.45, 7) is 6.99. The normalized spacial score (nSPS) is 22.6. The Balaban J connectivity index is 1.25. The zero-order valence-corrected chi connectivity index (χ0v) is 22.4. The summed E-state index contributed by atoms with van der Waals surface area (Å²) in [5.74, 6) is 0.857. The molecule has 0 aromatic heterocycles. The number of anilines is 1.